The zero-order valence-corrected chi connectivity index (χ0v) is 13.7. The van der Waals surface area contributed by atoms with Crippen LogP contribution in [0.25, 0.3) is 0 Å². The van der Waals surface area contributed by atoms with Crippen LogP contribution in [0, 0.1) is 0 Å². The van der Waals surface area contributed by atoms with Crippen molar-refractivity contribution in [2.45, 2.75) is 55.9 Å². The van der Waals surface area contributed by atoms with Crippen molar-refractivity contribution < 1.29 is 19.0 Å². The predicted octanol–water partition coefficient (Wildman–Crippen LogP) is 1.73. The van der Waals surface area contributed by atoms with E-state index in [9.17, 15) is 4.79 Å². The molecule has 2 unspecified atom stereocenters. The summed E-state index contributed by atoms with van der Waals surface area (Å²) in [4.78, 5) is 11.5. The number of thioether (sulfide) groups is 1. The van der Waals surface area contributed by atoms with Gasteiger partial charge in [-0.1, -0.05) is 0 Å². The summed E-state index contributed by atoms with van der Waals surface area (Å²) < 4.78 is 16.4. The quantitative estimate of drug-likeness (QED) is 0.752. The second-order valence-electron chi connectivity index (χ2n) is 5.78. The summed E-state index contributed by atoms with van der Waals surface area (Å²) in [6.07, 6.45) is 4.87. The summed E-state index contributed by atoms with van der Waals surface area (Å²) in [6, 6.07) is -0.491. The van der Waals surface area contributed by atoms with Gasteiger partial charge in [-0.3, -0.25) is 4.79 Å². The highest BCUT2D eigenvalue weighted by atomic mass is 32.2. The summed E-state index contributed by atoms with van der Waals surface area (Å²) in [7, 11) is 0. The molecule has 122 valence electrons. The summed E-state index contributed by atoms with van der Waals surface area (Å²) in [5, 5.41) is 0.603. The third-order valence-corrected chi connectivity index (χ3v) is 5.57. The minimum Gasteiger partial charge on any atom is -0.465 e. The summed E-state index contributed by atoms with van der Waals surface area (Å²) >= 11 is 1.92. The molecule has 2 saturated heterocycles. The molecule has 0 radical (unpaired) electrons. The van der Waals surface area contributed by atoms with Crippen molar-refractivity contribution in [3.63, 3.8) is 0 Å². The van der Waals surface area contributed by atoms with Crippen molar-refractivity contribution in [1.82, 2.24) is 0 Å². The van der Waals surface area contributed by atoms with Gasteiger partial charge in [0.15, 0.2) is 0 Å². The van der Waals surface area contributed by atoms with Gasteiger partial charge in [-0.05, 0) is 44.8 Å². The molecule has 2 aliphatic heterocycles. The summed E-state index contributed by atoms with van der Waals surface area (Å²) in [6.45, 7) is 4.65. The van der Waals surface area contributed by atoms with Gasteiger partial charge in [0.1, 0.15) is 6.04 Å². The zero-order valence-electron chi connectivity index (χ0n) is 12.8. The first-order valence-electron chi connectivity index (χ1n) is 7.91. The van der Waals surface area contributed by atoms with E-state index in [0.717, 1.165) is 51.3 Å². The molecular weight excluding hydrogens is 290 g/mol. The van der Waals surface area contributed by atoms with E-state index in [2.05, 4.69) is 0 Å². The molecule has 2 aliphatic rings. The van der Waals surface area contributed by atoms with E-state index < -0.39 is 6.04 Å². The first kappa shape index (κ1) is 17.1. The number of ether oxygens (including phenoxy) is 3. The van der Waals surface area contributed by atoms with Gasteiger partial charge in [0, 0.05) is 25.1 Å². The molecule has 2 heterocycles. The highest BCUT2D eigenvalue weighted by molar-refractivity contribution is 7.99. The van der Waals surface area contributed by atoms with Crippen LogP contribution in [-0.4, -0.2) is 55.0 Å². The number of nitrogens with two attached hydrogens (primary N) is 1. The van der Waals surface area contributed by atoms with E-state index in [0.29, 0.717) is 18.3 Å². The molecule has 6 heteroatoms. The van der Waals surface area contributed by atoms with Crippen molar-refractivity contribution in [2.75, 3.05) is 32.2 Å². The summed E-state index contributed by atoms with van der Waals surface area (Å²) in [5.41, 5.74) is 5.87. The second kappa shape index (κ2) is 8.36. The van der Waals surface area contributed by atoms with Crippen LogP contribution < -0.4 is 5.73 Å². The average Bonchev–Trinajstić information content (AvgIpc) is 2.48. The lowest BCUT2D eigenvalue weighted by atomic mass is 9.86. The number of rotatable bonds is 6. The van der Waals surface area contributed by atoms with E-state index >= 15 is 0 Å². The van der Waals surface area contributed by atoms with Gasteiger partial charge in [0.2, 0.25) is 0 Å². The van der Waals surface area contributed by atoms with E-state index in [1.54, 1.807) is 6.92 Å². The number of carbonyl (C=O) groups excluding carboxylic acids is 1. The van der Waals surface area contributed by atoms with Crippen LogP contribution in [0.3, 0.4) is 0 Å². The summed E-state index contributed by atoms with van der Waals surface area (Å²) in [5.74, 6) is 0.614. The molecule has 0 aromatic rings. The molecule has 0 aromatic heterocycles. The van der Waals surface area contributed by atoms with Crippen LogP contribution in [0.15, 0.2) is 0 Å². The molecule has 0 amide bonds. The third kappa shape index (κ3) is 5.13. The molecule has 0 aromatic carbocycles. The fourth-order valence-electron chi connectivity index (χ4n) is 2.95. The Bertz CT molecular complexity index is 328. The maximum Gasteiger partial charge on any atom is 0.322 e. The van der Waals surface area contributed by atoms with Gasteiger partial charge in [-0.15, -0.1) is 0 Å². The molecular formula is C15H27NO4S. The highest BCUT2D eigenvalue weighted by Gasteiger charge is 2.39. The first-order chi connectivity index (χ1) is 10.2. The first-order valence-corrected chi connectivity index (χ1v) is 8.95. The lowest BCUT2D eigenvalue weighted by Gasteiger charge is -2.43. The van der Waals surface area contributed by atoms with E-state index in [4.69, 9.17) is 19.9 Å². The number of hydrogen-bond acceptors (Lipinski definition) is 6. The Balaban J connectivity index is 1.69. The van der Waals surface area contributed by atoms with Gasteiger partial charge in [-0.2, -0.15) is 11.8 Å². The molecule has 21 heavy (non-hydrogen) atoms. The van der Waals surface area contributed by atoms with Crippen molar-refractivity contribution in [3.05, 3.63) is 0 Å². The molecule has 2 fully saturated rings. The highest BCUT2D eigenvalue weighted by Crippen LogP contribution is 2.38. The van der Waals surface area contributed by atoms with Crippen LogP contribution in [-0.2, 0) is 19.0 Å². The molecule has 1 spiro atoms. The van der Waals surface area contributed by atoms with Gasteiger partial charge in [0.05, 0.1) is 12.2 Å². The standard InChI is InChI=1S/C15H27NO4S/c1-2-19-14(17)13(16)4-10-21-12-3-7-20-15(11-12)5-8-18-9-6-15/h12-13H,2-11,16H2,1H3. The number of carbonyl (C=O) groups is 1. The third-order valence-electron chi connectivity index (χ3n) is 4.22. The minimum absolute atomic E-state index is 0.0391. The lowest BCUT2D eigenvalue weighted by Crippen LogP contribution is -2.45. The van der Waals surface area contributed by atoms with Crippen LogP contribution >= 0.6 is 11.8 Å². The molecule has 2 atom stereocenters. The smallest absolute Gasteiger partial charge is 0.322 e. The Labute approximate surface area is 131 Å². The van der Waals surface area contributed by atoms with Crippen molar-refractivity contribution >= 4 is 17.7 Å². The van der Waals surface area contributed by atoms with Crippen molar-refractivity contribution in [2.24, 2.45) is 5.73 Å². The molecule has 2 N–H and O–H groups in total. The molecule has 5 nitrogen and oxygen atoms in total. The topological polar surface area (TPSA) is 70.8 Å². The Kier molecular flexibility index (Phi) is 6.79. The predicted molar refractivity (Wildman–Crippen MR) is 83.4 cm³/mol. The lowest BCUT2D eigenvalue weighted by molar-refractivity contribution is -0.144. The second-order valence-corrected chi connectivity index (χ2v) is 7.18. The van der Waals surface area contributed by atoms with E-state index in [1.165, 1.54) is 0 Å². The normalized spacial score (nSPS) is 26.5. The Morgan fingerprint density at radius 3 is 2.90 bits per heavy atom. The number of esters is 1. The van der Waals surface area contributed by atoms with Crippen LogP contribution in [0.4, 0.5) is 0 Å². The van der Waals surface area contributed by atoms with E-state index in [1.807, 2.05) is 11.8 Å². The van der Waals surface area contributed by atoms with Crippen LogP contribution in [0.1, 0.15) is 39.0 Å². The van der Waals surface area contributed by atoms with Gasteiger partial charge >= 0.3 is 5.97 Å². The van der Waals surface area contributed by atoms with Crippen molar-refractivity contribution in [3.8, 4) is 0 Å². The van der Waals surface area contributed by atoms with Crippen molar-refractivity contribution in [1.29, 1.82) is 0 Å². The molecule has 0 aliphatic carbocycles. The van der Waals surface area contributed by atoms with Crippen LogP contribution in [0.5, 0.6) is 0 Å². The SMILES string of the molecule is CCOC(=O)C(N)CCSC1CCOC2(CCOCC2)C1. The molecule has 0 bridgehead atoms. The fraction of sp³-hybridized carbons (Fsp3) is 0.933. The van der Waals surface area contributed by atoms with Gasteiger partial charge in [-0.25, -0.2) is 0 Å². The van der Waals surface area contributed by atoms with E-state index in [-0.39, 0.29) is 11.6 Å². The minimum atomic E-state index is -0.491. The maximum absolute atomic E-state index is 11.5. The number of hydrogen-bond donors (Lipinski definition) is 1. The largest absolute Gasteiger partial charge is 0.465 e. The molecule has 0 saturated carbocycles. The van der Waals surface area contributed by atoms with Gasteiger partial charge in [0.25, 0.3) is 0 Å². The fourth-order valence-corrected chi connectivity index (χ4v) is 4.35. The Morgan fingerprint density at radius 2 is 2.19 bits per heavy atom. The maximum atomic E-state index is 11.5. The van der Waals surface area contributed by atoms with Gasteiger partial charge < -0.3 is 19.9 Å². The Hall–Kier alpha value is -0.300. The molecule has 2 rings (SSSR count). The average molecular weight is 317 g/mol. The Morgan fingerprint density at radius 1 is 1.43 bits per heavy atom. The zero-order chi connectivity index (χ0) is 15.1. The van der Waals surface area contributed by atoms with Crippen LogP contribution in [0.2, 0.25) is 0 Å². The monoisotopic (exact) mass is 317 g/mol.